The molecule has 26 heavy (non-hydrogen) atoms. The standard InChI is InChI=1S/C21H17N3O2/c1-2-14-5-7-15(8-6-14)20(25)23-17-9-10-19-18(12-17)24-21(26-19)16-4-3-11-22-13-16/h3-13H,2H2,1H3,(H,23,25). The molecule has 1 N–H and O–H groups in total. The Balaban J connectivity index is 1.58. The van der Waals surface area contributed by atoms with Gasteiger partial charge in [0.05, 0.1) is 5.56 Å². The predicted molar refractivity (Wildman–Crippen MR) is 101 cm³/mol. The number of carbonyl (C=O) groups is 1. The monoisotopic (exact) mass is 343 g/mol. The Morgan fingerprint density at radius 1 is 1.12 bits per heavy atom. The van der Waals surface area contributed by atoms with E-state index in [1.165, 1.54) is 5.56 Å². The number of aryl methyl sites for hydroxylation is 1. The van der Waals surface area contributed by atoms with Gasteiger partial charge in [-0.1, -0.05) is 19.1 Å². The zero-order valence-corrected chi connectivity index (χ0v) is 14.3. The van der Waals surface area contributed by atoms with Crippen molar-refractivity contribution in [3.63, 3.8) is 0 Å². The minimum Gasteiger partial charge on any atom is -0.436 e. The zero-order valence-electron chi connectivity index (χ0n) is 14.3. The van der Waals surface area contributed by atoms with Crippen molar-refractivity contribution in [2.24, 2.45) is 0 Å². The molecule has 128 valence electrons. The van der Waals surface area contributed by atoms with Crippen LogP contribution in [0.5, 0.6) is 0 Å². The van der Waals surface area contributed by atoms with Crippen molar-refractivity contribution in [3.05, 3.63) is 78.1 Å². The van der Waals surface area contributed by atoms with Gasteiger partial charge < -0.3 is 9.73 Å². The van der Waals surface area contributed by atoms with Crippen LogP contribution in [0.2, 0.25) is 0 Å². The molecule has 5 nitrogen and oxygen atoms in total. The summed E-state index contributed by atoms with van der Waals surface area (Å²) < 4.78 is 5.76. The molecule has 0 aliphatic carbocycles. The second kappa shape index (κ2) is 6.80. The Morgan fingerprint density at radius 2 is 1.96 bits per heavy atom. The summed E-state index contributed by atoms with van der Waals surface area (Å²) in [5.41, 5.74) is 4.66. The summed E-state index contributed by atoms with van der Waals surface area (Å²) in [5.74, 6) is 0.356. The van der Waals surface area contributed by atoms with Crippen molar-refractivity contribution in [2.45, 2.75) is 13.3 Å². The SMILES string of the molecule is CCc1ccc(C(=O)Nc2ccc3oc(-c4cccnc4)nc3c2)cc1. The molecule has 0 aliphatic rings. The van der Waals surface area contributed by atoms with Crippen LogP contribution < -0.4 is 5.32 Å². The Kier molecular flexibility index (Phi) is 4.19. The smallest absolute Gasteiger partial charge is 0.255 e. The number of nitrogens with zero attached hydrogens (tertiary/aromatic N) is 2. The lowest BCUT2D eigenvalue weighted by Crippen LogP contribution is -2.11. The third-order valence-corrected chi connectivity index (χ3v) is 4.18. The molecule has 0 aliphatic heterocycles. The first-order chi connectivity index (χ1) is 12.7. The van der Waals surface area contributed by atoms with E-state index >= 15 is 0 Å². The van der Waals surface area contributed by atoms with E-state index in [-0.39, 0.29) is 5.91 Å². The summed E-state index contributed by atoms with van der Waals surface area (Å²) in [6.45, 7) is 2.09. The average molecular weight is 343 g/mol. The summed E-state index contributed by atoms with van der Waals surface area (Å²) in [7, 11) is 0. The molecule has 4 aromatic rings. The van der Waals surface area contributed by atoms with Gasteiger partial charge in [0.15, 0.2) is 5.58 Å². The largest absolute Gasteiger partial charge is 0.436 e. The van der Waals surface area contributed by atoms with E-state index in [9.17, 15) is 4.79 Å². The third kappa shape index (κ3) is 3.19. The van der Waals surface area contributed by atoms with Crippen LogP contribution in [0.3, 0.4) is 0 Å². The number of nitrogens with one attached hydrogen (secondary N) is 1. The number of pyridine rings is 1. The molecule has 5 heteroatoms. The quantitative estimate of drug-likeness (QED) is 0.583. The number of benzene rings is 2. The molecular formula is C21H17N3O2. The number of anilines is 1. The number of fused-ring (bicyclic) bond motifs is 1. The second-order valence-corrected chi connectivity index (χ2v) is 5.95. The molecule has 0 bridgehead atoms. The van der Waals surface area contributed by atoms with E-state index < -0.39 is 0 Å². The Bertz CT molecular complexity index is 1050. The number of aromatic nitrogens is 2. The predicted octanol–water partition coefficient (Wildman–Crippen LogP) is 4.70. The number of amides is 1. The van der Waals surface area contributed by atoms with Crippen LogP contribution >= 0.6 is 0 Å². The van der Waals surface area contributed by atoms with Crippen molar-refractivity contribution in [1.82, 2.24) is 9.97 Å². The highest BCUT2D eigenvalue weighted by Gasteiger charge is 2.11. The van der Waals surface area contributed by atoms with Crippen LogP contribution in [0, 0.1) is 0 Å². The maximum absolute atomic E-state index is 12.4. The normalized spacial score (nSPS) is 10.8. The Hall–Kier alpha value is -3.47. The number of carbonyl (C=O) groups excluding carboxylic acids is 1. The van der Waals surface area contributed by atoms with Gasteiger partial charge in [0.1, 0.15) is 5.52 Å². The molecule has 0 atom stereocenters. The fourth-order valence-electron chi connectivity index (χ4n) is 2.71. The molecule has 1 amide bonds. The molecule has 2 aromatic heterocycles. The van der Waals surface area contributed by atoms with E-state index in [4.69, 9.17) is 4.42 Å². The molecule has 0 fully saturated rings. The molecule has 0 saturated heterocycles. The first-order valence-electron chi connectivity index (χ1n) is 8.44. The Morgan fingerprint density at radius 3 is 2.69 bits per heavy atom. The molecule has 0 saturated carbocycles. The maximum atomic E-state index is 12.4. The minimum absolute atomic E-state index is 0.150. The summed E-state index contributed by atoms with van der Waals surface area (Å²) >= 11 is 0. The van der Waals surface area contributed by atoms with Crippen molar-refractivity contribution in [2.75, 3.05) is 5.32 Å². The van der Waals surface area contributed by atoms with Crippen LogP contribution in [-0.2, 0) is 6.42 Å². The topological polar surface area (TPSA) is 68.0 Å². The van der Waals surface area contributed by atoms with Gasteiger partial charge in [0.25, 0.3) is 5.91 Å². The number of hydrogen-bond donors (Lipinski definition) is 1. The van der Waals surface area contributed by atoms with E-state index in [1.54, 1.807) is 30.6 Å². The summed E-state index contributed by atoms with van der Waals surface area (Å²) in [6, 6.07) is 16.7. The van der Waals surface area contributed by atoms with Crippen molar-refractivity contribution in [3.8, 4) is 11.5 Å². The van der Waals surface area contributed by atoms with Crippen LogP contribution in [0.15, 0.2) is 71.4 Å². The molecule has 2 aromatic carbocycles. The lowest BCUT2D eigenvalue weighted by Gasteiger charge is -2.05. The van der Waals surface area contributed by atoms with E-state index in [2.05, 4.69) is 22.2 Å². The summed E-state index contributed by atoms with van der Waals surface area (Å²) in [6.07, 6.45) is 4.35. The molecule has 4 rings (SSSR count). The van der Waals surface area contributed by atoms with Gasteiger partial charge in [-0.2, -0.15) is 0 Å². The Labute approximate surface area is 150 Å². The average Bonchev–Trinajstić information content (AvgIpc) is 3.12. The van der Waals surface area contributed by atoms with Gasteiger partial charge in [0, 0.05) is 23.6 Å². The zero-order chi connectivity index (χ0) is 17.9. The highest BCUT2D eigenvalue weighted by atomic mass is 16.3. The van der Waals surface area contributed by atoms with Gasteiger partial charge in [-0.05, 0) is 54.4 Å². The van der Waals surface area contributed by atoms with Crippen molar-refractivity contribution in [1.29, 1.82) is 0 Å². The minimum atomic E-state index is -0.150. The maximum Gasteiger partial charge on any atom is 0.255 e. The number of rotatable bonds is 4. The number of hydrogen-bond acceptors (Lipinski definition) is 4. The summed E-state index contributed by atoms with van der Waals surface area (Å²) in [4.78, 5) is 21.0. The fourth-order valence-corrected chi connectivity index (χ4v) is 2.71. The van der Waals surface area contributed by atoms with Crippen molar-refractivity contribution >= 4 is 22.7 Å². The highest BCUT2D eigenvalue weighted by molar-refractivity contribution is 6.05. The second-order valence-electron chi connectivity index (χ2n) is 5.95. The van der Waals surface area contributed by atoms with Gasteiger partial charge in [-0.3, -0.25) is 9.78 Å². The van der Waals surface area contributed by atoms with Gasteiger partial charge >= 0.3 is 0 Å². The number of oxazole rings is 1. The molecule has 0 unspecified atom stereocenters. The van der Waals surface area contributed by atoms with E-state index in [0.717, 1.165) is 12.0 Å². The van der Waals surface area contributed by atoms with Crippen LogP contribution in [0.25, 0.3) is 22.6 Å². The van der Waals surface area contributed by atoms with Gasteiger partial charge in [-0.15, -0.1) is 0 Å². The van der Waals surface area contributed by atoms with Gasteiger partial charge in [-0.25, -0.2) is 4.98 Å². The fraction of sp³-hybridized carbons (Fsp3) is 0.0952. The lowest BCUT2D eigenvalue weighted by atomic mass is 10.1. The summed E-state index contributed by atoms with van der Waals surface area (Å²) in [5, 5.41) is 2.90. The van der Waals surface area contributed by atoms with Crippen LogP contribution in [-0.4, -0.2) is 15.9 Å². The molecular weight excluding hydrogens is 326 g/mol. The molecule has 0 spiro atoms. The highest BCUT2D eigenvalue weighted by Crippen LogP contribution is 2.25. The van der Waals surface area contributed by atoms with E-state index in [1.807, 2.05) is 36.4 Å². The molecule has 2 heterocycles. The molecule has 0 radical (unpaired) electrons. The van der Waals surface area contributed by atoms with E-state index in [0.29, 0.717) is 28.2 Å². The van der Waals surface area contributed by atoms with Crippen LogP contribution in [0.1, 0.15) is 22.8 Å². The third-order valence-electron chi connectivity index (χ3n) is 4.18. The first kappa shape index (κ1) is 16.0. The first-order valence-corrected chi connectivity index (χ1v) is 8.44. The van der Waals surface area contributed by atoms with Crippen molar-refractivity contribution < 1.29 is 9.21 Å². The lowest BCUT2D eigenvalue weighted by molar-refractivity contribution is 0.102. The van der Waals surface area contributed by atoms with Crippen LogP contribution in [0.4, 0.5) is 5.69 Å². The van der Waals surface area contributed by atoms with Gasteiger partial charge in [0.2, 0.25) is 5.89 Å².